The Labute approximate surface area is 167 Å². The van der Waals surface area contributed by atoms with Gasteiger partial charge < -0.3 is 4.42 Å². The molecule has 0 N–H and O–H groups in total. The molecule has 0 fully saturated rings. The summed E-state index contributed by atoms with van der Waals surface area (Å²) in [4.78, 5) is 17.3. The number of hydrogen-bond acceptors (Lipinski definition) is 6. The Morgan fingerprint density at radius 2 is 1.89 bits per heavy atom. The van der Waals surface area contributed by atoms with Crippen LogP contribution in [0.1, 0.15) is 12.8 Å². The summed E-state index contributed by atoms with van der Waals surface area (Å²) in [6.45, 7) is 2.48. The van der Waals surface area contributed by atoms with Gasteiger partial charge >= 0.3 is 0 Å². The third-order valence-electron chi connectivity index (χ3n) is 4.03. The fourth-order valence-electron chi connectivity index (χ4n) is 2.68. The molecule has 0 aliphatic carbocycles. The van der Waals surface area contributed by atoms with E-state index >= 15 is 0 Å². The van der Waals surface area contributed by atoms with Gasteiger partial charge in [0.05, 0.1) is 16.7 Å². The summed E-state index contributed by atoms with van der Waals surface area (Å²) >= 11 is 4.82. The van der Waals surface area contributed by atoms with E-state index in [1.165, 1.54) is 11.8 Å². The van der Waals surface area contributed by atoms with Gasteiger partial charge in [-0.1, -0.05) is 39.8 Å². The number of rotatable bonds is 5. The molecule has 2 heterocycles. The zero-order valence-electron chi connectivity index (χ0n) is 14.4. The molecule has 0 amide bonds. The summed E-state index contributed by atoms with van der Waals surface area (Å²) in [5, 5.41) is 9.48. The van der Waals surface area contributed by atoms with Gasteiger partial charge in [0.2, 0.25) is 11.8 Å². The van der Waals surface area contributed by atoms with Crippen LogP contribution in [0.15, 0.2) is 67.4 Å². The SMILES string of the molecule is CCn1c(SCc2nnc(-c3ccc(Br)cc3)o2)nc2ccccc2c1=O. The van der Waals surface area contributed by atoms with Crippen molar-refractivity contribution in [2.24, 2.45) is 0 Å². The van der Waals surface area contributed by atoms with Gasteiger partial charge in [0.1, 0.15) is 0 Å². The van der Waals surface area contributed by atoms with E-state index in [2.05, 4.69) is 31.1 Å². The Balaban J connectivity index is 1.59. The number of aromatic nitrogens is 4. The van der Waals surface area contributed by atoms with Crippen molar-refractivity contribution in [1.82, 2.24) is 19.7 Å². The van der Waals surface area contributed by atoms with Gasteiger partial charge in [-0.2, -0.15) is 0 Å². The number of para-hydroxylation sites is 1. The molecule has 2 aromatic heterocycles. The van der Waals surface area contributed by atoms with Crippen LogP contribution < -0.4 is 5.56 Å². The molecule has 0 spiro atoms. The Bertz CT molecular complexity index is 1150. The summed E-state index contributed by atoms with van der Waals surface area (Å²) in [6.07, 6.45) is 0. The summed E-state index contributed by atoms with van der Waals surface area (Å²) in [5.41, 5.74) is 1.51. The van der Waals surface area contributed by atoms with Crippen molar-refractivity contribution < 1.29 is 4.42 Å². The molecule has 0 saturated carbocycles. The van der Waals surface area contributed by atoms with Crippen LogP contribution in [0.4, 0.5) is 0 Å². The number of thioether (sulfide) groups is 1. The van der Waals surface area contributed by atoms with Gasteiger partial charge in [-0.3, -0.25) is 9.36 Å². The van der Waals surface area contributed by atoms with Crippen LogP contribution in [-0.2, 0) is 12.3 Å². The van der Waals surface area contributed by atoms with Crippen LogP contribution >= 0.6 is 27.7 Å². The monoisotopic (exact) mass is 442 g/mol. The minimum Gasteiger partial charge on any atom is -0.420 e. The molecule has 27 heavy (non-hydrogen) atoms. The molecule has 0 atom stereocenters. The van der Waals surface area contributed by atoms with E-state index in [4.69, 9.17) is 4.42 Å². The molecular weight excluding hydrogens is 428 g/mol. The predicted molar refractivity (Wildman–Crippen MR) is 109 cm³/mol. The van der Waals surface area contributed by atoms with Crippen molar-refractivity contribution in [2.45, 2.75) is 24.4 Å². The van der Waals surface area contributed by atoms with Crippen LogP contribution in [-0.4, -0.2) is 19.7 Å². The summed E-state index contributed by atoms with van der Waals surface area (Å²) < 4.78 is 8.40. The van der Waals surface area contributed by atoms with Crippen molar-refractivity contribution in [3.05, 3.63) is 69.2 Å². The lowest BCUT2D eigenvalue weighted by atomic mass is 10.2. The van der Waals surface area contributed by atoms with Gasteiger partial charge in [0.15, 0.2) is 5.16 Å². The maximum Gasteiger partial charge on any atom is 0.262 e. The molecule has 2 aromatic carbocycles. The van der Waals surface area contributed by atoms with Crippen molar-refractivity contribution in [3.63, 3.8) is 0 Å². The first-order valence-corrected chi connectivity index (χ1v) is 10.1. The van der Waals surface area contributed by atoms with Gasteiger partial charge in [-0.15, -0.1) is 10.2 Å². The van der Waals surface area contributed by atoms with E-state index in [1.807, 2.05) is 49.4 Å². The Hall–Kier alpha value is -2.45. The van der Waals surface area contributed by atoms with E-state index in [-0.39, 0.29) is 5.56 Å². The summed E-state index contributed by atoms with van der Waals surface area (Å²) in [7, 11) is 0. The van der Waals surface area contributed by atoms with E-state index in [0.29, 0.717) is 40.1 Å². The molecule has 0 radical (unpaired) electrons. The predicted octanol–water partition coefficient (Wildman–Crippen LogP) is 4.52. The highest BCUT2D eigenvalue weighted by molar-refractivity contribution is 9.10. The van der Waals surface area contributed by atoms with Gasteiger partial charge in [-0.05, 0) is 43.3 Å². The molecule has 4 rings (SSSR count). The number of nitrogens with zero attached hydrogens (tertiary/aromatic N) is 4. The summed E-state index contributed by atoms with van der Waals surface area (Å²) in [5.74, 6) is 1.40. The zero-order chi connectivity index (χ0) is 18.8. The van der Waals surface area contributed by atoms with Gasteiger partial charge in [0, 0.05) is 16.6 Å². The number of hydrogen-bond donors (Lipinski definition) is 0. The lowest BCUT2D eigenvalue weighted by molar-refractivity contribution is 0.527. The van der Waals surface area contributed by atoms with Crippen molar-refractivity contribution >= 4 is 38.6 Å². The Morgan fingerprint density at radius 1 is 1.11 bits per heavy atom. The van der Waals surface area contributed by atoms with Crippen LogP contribution in [0.2, 0.25) is 0 Å². The lowest BCUT2D eigenvalue weighted by Gasteiger charge is -2.10. The first-order chi connectivity index (χ1) is 13.2. The first-order valence-electron chi connectivity index (χ1n) is 8.36. The number of fused-ring (bicyclic) bond motifs is 1. The molecule has 0 bridgehead atoms. The van der Waals surface area contributed by atoms with Crippen molar-refractivity contribution in [3.8, 4) is 11.5 Å². The molecule has 4 aromatic rings. The normalized spacial score (nSPS) is 11.2. The maximum atomic E-state index is 12.7. The quantitative estimate of drug-likeness (QED) is 0.334. The smallest absolute Gasteiger partial charge is 0.262 e. The van der Waals surface area contributed by atoms with Gasteiger partial charge in [-0.25, -0.2) is 4.98 Å². The molecule has 8 heteroatoms. The molecular formula is C19H15BrN4O2S. The van der Waals surface area contributed by atoms with Gasteiger partial charge in [0.25, 0.3) is 5.56 Å². The van der Waals surface area contributed by atoms with E-state index < -0.39 is 0 Å². The second-order valence-corrected chi connectivity index (χ2v) is 7.62. The van der Waals surface area contributed by atoms with E-state index in [1.54, 1.807) is 10.6 Å². The minimum atomic E-state index is -0.0355. The molecule has 6 nitrogen and oxygen atoms in total. The highest BCUT2D eigenvalue weighted by Gasteiger charge is 2.13. The van der Waals surface area contributed by atoms with Crippen LogP contribution in [0.3, 0.4) is 0 Å². The molecule has 0 aliphatic heterocycles. The third-order valence-corrected chi connectivity index (χ3v) is 5.52. The molecule has 136 valence electrons. The highest BCUT2D eigenvalue weighted by Crippen LogP contribution is 2.25. The Kier molecular flexibility index (Phi) is 5.09. The number of halogens is 1. The minimum absolute atomic E-state index is 0.0355. The fourth-order valence-corrected chi connectivity index (χ4v) is 3.85. The molecule has 0 unspecified atom stereocenters. The molecule has 0 saturated heterocycles. The third kappa shape index (κ3) is 3.68. The maximum absolute atomic E-state index is 12.7. The lowest BCUT2D eigenvalue weighted by Crippen LogP contribution is -2.22. The van der Waals surface area contributed by atoms with E-state index in [9.17, 15) is 4.79 Å². The van der Waals surface area contributed by atoms with Crippen molar-refractivity contribution in [1.29, 1.82) is 0 Å². The van der Waals surface area contributed by atoms with Crippen molar-refractivity contribution in [2.75, 3.05) is 0 Å². The summed E-state index contributed by atoms with van der Waals surface area (Å²) in [6, 6.07) is 15.0. The average Bonchev–Trinajstić information content (AvgIpc) is 3.16. The average molecular weight is 443 g/mol. The Morgan fingerprint density at radius 3 is 2.67 bits per heavy atom. The standard InChI is InChI=1S/C19H15BrN4O2S/c1-2-24-18(25)14-5-3-4-6-15(14)21-19(24)27-11-16-22-23-17(26-16)12-7-9-13(20)10-8-12/h3-10H,2,11H2,1H3. The van der Waals surface area contributed by atoms with E-state index in [0.717, 1.165) is 10.0 Å². The van der Waals surface area contributed by atoms with Crippen LogP contribution in [0, 0.1) is 0 Å². The first kappa shape index (κ1) is 17.9. The van der Waals surface area contributed by atoms with Crippen LogP contribution in [0.5, 0.6) is 0 Å². The highest BCUT2D eigenvalue weighted by atomic mass is 79.9. The zero-order valence-corrected chi connectivity index (χ0v) is 16.8. The molecule has 0 aliphatic rings. The largest absolute Gasteiger partial charge is 0.420 e. The fraction of sp³-hybridized carbons (Fsp3) is 0.158. The second-order valence-electron chi connectivity index (χ2n) is 5.76. The second kappa shape index (κ2) is 7.66. The topological polar surface area (TPSA) is 73.8 Å². The van der Waals surface area contributed by atoms with Crippen LogP contribution in [0.25, 0.3) is 22.4 Å². The number of benzene rings is 2.